The maximum atomic E-state index is 12.3. The van der Waals surface area contributed by atoms with Crippen LogP contribution in [0.2, 0.25) is 0 Å². The Morgan fingerprint density at radius 3 is 2.73 bits per heavy atom. The molecule has 0 aliphatic carbocycles. The number of carbonyl (C=O) groups excluding carboxylic acids is 1. The maximum absolute atomic E-state index is 12.3. The molecular formula is C20H21N3O3. The van der Waals surface area contributed by atoms with E-state index in [-0.39, 0.29) is 5.91 Å². The molecule has 2 aromatic rings. The van der Waals surface area contributed by atoms with Crippen LogP contribution in [0.1, 0.15) is 24.5 Å². The number of carbonyl (C=O) groups is 1. The molecule has 6 nitrogen and oxygen atoms in total. The fraction of sp³-hybridized carbons (Fsp3) is 0.250. The first-order valence-electron chi connectivity index (χ1n) is 8.45. The van der Waals surface area contributed by atoms with Crippen molar-refractivity contribution >= 4 is 23.5 Å². The van der Waals surface area contributed by atoms with E-state index in [1.807, 2.05) is 49.4 Å². The fourth-order valence-electron chi connectivity index (χ4n) is 2.70. The zero-order chi connectivity index (χ0) is 18.5. The Kier molecular flexibility index (Phi) is 5.31. The van der Waals surface area contributed by atoms with Crippen LogP contribution in [0.3, 0.4) is 0 Å². The molecule has 134 valence electrons. The van der Waals surface area contributed by atoms with Crippen LogP contribution in [0, 0.1) is 0 Å². The van der Waals surface area contributed by atoms with Crippen molar-refractivity contribution in [2.24, 2.45) is 10.2 Å². The SMILES string of the molecule is CCCOc1ccc(/C=N\N=C2/C(=O)N(C)c3ccccc32)cc1OC. The number of likely N-dealkylation sites (N-methyl/N-ethyl adjacent to an activating group) is 1. The summed E-state index contributed by atoms with van der Waals surface area (Å²) >= 11 is 0. The molecule has 0 spiro atoms. The van der Waals surface area contributed by atoms with E-state index >= 15 is 0 Å². The number of amides is 1. The molecule has 0 atom stereocenters. The van der Waals surface area contributed by atoms with Crippen molar-refractivity contribution in [1.29, 1.82) is 0 Å². The van der Waals surface area contributed by atoms with Gasteiger partial charge in [0.1, 0.15) is 0 Å². The molecule has 0 unspecified atom stereocenters. The summed E-state index contributed by atoms with van der Waals surface area (Å²) in [7, 11) is 3.33. The third-order valence-corrected chi connectivity index (χ3v) is 4.04. The minimum absolute atomic E-state index is 0.163. The molecule has 1 aliphatic rings. The van der Waals surface area contributed by atoms with Crippen LogP contribution in [0.25, 0.3) is 0 Å². The Hall–Kier alpha value is -3.15. The summed E-state index contributed by atoms with van der Waals surface area (Å²) in [5.74, 6) is 1.17. The highest BCUT2D eigenvalue weighted by atomic mass is 16.5. The van der Waals surface area contributed by atoms with Gasteiger partial charge in [-0.3, -0.25) is 4.79 Å². The number of nitrogens with zero attached hydrogens (tertiary/aromatic N) is 3. The van der Waals surface area contributed by atoms with Gasteiger partial charge in [0.05, 0.1) is 25.6 Å². The number of para-hydroxylation sites is 1. The molecule has 0 bridgehead atoms. The molecule has 0 saturated carbocycles. The number of anilines is 1. The zero-order valence-corrected chi connectivity index (χ0v) is 15.1. The van der Waals surface area contributed by atoms with E-state index in [0.717, 1.165) is 23.2 Å². The fourth-order valence-corrected chi connectivity index (χ4v) is 2.70. The van der Waals surface area contributed by atoms with Gasteiger partial charge in [-0.25, -0.2) is 0 Å². The number of benzene rings is 2. The van der Waals surface area contributed by atoms with Gasteiger partial charge >= 0.3 is 0 Å². The second-order valence-corrected chi connectivity index (χ2v) is 5.83. The molecule has 0 saturated heterocycles. The molecule has 1 heterocycles. The van der Waals surface area contributed by atoms with E-state index in [1.165, 1.54) is 0 Å². The summed E-state index contributed by atoms with van der Waals surface area (Å²) in [6.07, 6.45) is 2.52. The lowest BCUT2D eigenvalue weighted by Crippen LogP contribution is -2.25. The number of hydrogen-bond donors (Lipinski definition) is 0. The average molecular weight is 351 g/mol. The highest BCUT2D eigenvalue weighted by Gasteiger charge is 2.30. The van der Waals surface area contributed by atoms with Gasteiger partial charge in [0.15, 0.2) is 17.2 Å². The highest BCUT2D eigenvalue weighted by Crippen LogP contribution is 2.29. The molecule has 0 radical (unpaired) electrons. The summed E-state index contributed by atoms with van der Waals surface area (Å²) in [4.78, 5) is 13.9. The van der Waals surface area contributed by atoms with E-state index in [1.54, 1.807) is 25.3 Å². The quantitative estimate of drug-likeness (QED) is 0.593. The molecule has 0 N–H and O–H groups in total. The first kappa shape index (κ1) is 17.7. The maximum Gasteiger partial charge on any atom is 0.279 e. The summed E-state index contributed by atoms with van der Waals surface area (Å²) in [5, 5.41) is 8.24. The second kappa shape index (κ2) is 7.82. The van der Waals surface area contributed by atoms with Crippen LogP contribution >= 0.6 is 0 Å². The van der Waals surface area contributed by atoms with Crippen molar-refractivity contribution in [3.05, 3.63) is 53.6 Å². The standard InChI is InChI=1S/C20H21N3O3/c1-4-11-26-17-10-9-14(12-18(17)25-3)13-21-22-19-15-7-5-6-8-16(15)23(2)20(19)24/h5-10,12-13H,4,11H2,1-3H3/b21-13-,22-19-. The van der Waals surface area contributed by atoms with Gasteiger partial charge in [0.25, 0.3) is 5.91 Å². The van der Waals surface area contributed by atoms with E-state index in [4.69, 9.17) is 9.47 Å². The molecule has 26 heavy (non-hydrogen) atoms. The summed E-state index contributed by atoms with van der Waals surface area (Å²) in [6.45, 7) is 2.68. The lowest BCUT2D eigenvalue weighted by atomic mass is 10.1. The predicted octanol–water partition coefficient (Wildman–Crippen LogP) is 3.28. The topological polar surface area (TPSA) is 63.5 Å². The van der Waals surface area contributed by atoms with Gasteiger partial charge in [-0.15, -0.1) is 5.10 Å². The number of hydrogen-bond acceptors (Lipinski definition) is 5. The molecule has 0 fully saturated rings. The van der Waals surface area contributed by atoms with Crippen molar-refractivity contribution in [3.8, 4) is 11.5 Å². The minimum atomic E-state index is -0.163. The first-order valence-corrected chi connectivity index (χ1v) is 8.45. The van der Waals surface area contributed by atoms with Crippen LogP contribution in [0.4, 0.5) is 5.69 Å². The molecule has 6 heteroatoms. The number of methoxy groups -OCH3 is 1. The van der Waals surface area contributed by atoms with Crippen molar-refractivity contribution < 1.29 is 14.3 Å². The van der Waals surface area contributed by atoms with E-state index in [9.17, 15) is 4.79 Å². The van der Waals surface area contributed by atoms with Crippen LogP contribution in [-0.4, -0.2) is 38.6 Å². The average Bonchev–Trinajstić information content (AvgIpc) is 2.92. The molecule has 1 amide bonds. The van der Waals surface area contributed by atoms with Crippen LogP contribution in [0.15, 0.2) is 52.7 Å². The van der Waals surface area contributed by atoms with Gasteiger partial charge in [-0.05, 0) is 36.2 Å². The van der Waals surface area contributed by atoms with Gasteiger partial charge in [0, 0.05) is 12.6 Å². The molecule has 2 aromatic carbocycles. The van der Waals surface area contributed by atoms with Crippen molar-refractivity contribution in [1.82, 2.24) is 0 Å². The zero-order valence-electron chi connectivity index (χ0n) is 15.1. The Labute approximate surface area is 152 Å². The van der Waals surface area contributed by atoms with Crippen molar-refractivity contribution in [3.63, 3.8) is 0 Å². The van der Waals surface area contributed by atoms with Gasteiger partial charge in [-0.2, -0.15) is 5.10 Å². The van der Waals surface area contributed by atoms with Crippen molar-refractivity contribution in [2.45, 2.75) is 13.3 Å². The Bertz CT molecular complexity index is 874. The first-order chi connectivity index (χ1) is 12.7. The molecule has 1 aliphatic heterocycles. The predicted molar refractivity (Wildman–Crippen MR) is 103 cm³/mol. The van der Waals surface area contributed by atoms with Crippen molar-refractivity contribution in [2.75, 3.05) is 25.7 Å². The Morgan fingerprint density at radius 1 is 1.15 bits per heavy atom. The Morgan fingerprint density at radius 2 is 1.96 bits per heavy atom. The largest absolute Gasteiger partial charge is 0.493 e. The van der Waals surface area contributed by atoms with E-state index < -0.39 is 0 Å². The van der Waals surface area contributed by atoms with Gasteiger partial charge in [-0.1, -0.05) is 25.1 Å². The number of rotatable bonds is 6. The van der Waals surface area contributed by atoms with Crippen LogP contribution < -0.4 is 14.4 Å². The molecule has 3 rings (SSSR count). The monoisotopic (exact) mass is 351 g/mol. The Balaban J connectivity index is 1.82. The second-order valence-electron chi connectivity index (χ2n) is 5.83. The van der Waals surface area contributed by atoms with E-state index in [2.05, 4.69) is 10.2 Å². The van der Waals surface area contributed by atoms with Gasteiger partial charge in [0.2, 0.25) is 0 Å². The smallest absolute Gasteiger partial charge is 0.279 e. The minimum Gasteiger partial charge on any atom is -0.493 e. The highest BCUT2D eigenvalue weighted by molar-refractivity contribution is 6.54. The third-order valence-electron chi connectivity index (χ3n) is 4.04. The normalized spacial score (nSPS) is 15.0. The summed E-state index contributed by atoms with van der Waals surface area (Å²) in [6, 6.07) is 13.1. The summed E-state index contributed by atoms with van der Waals surface area (Å²) < 4.78 is 11.0. The van der Waals surface area contributed by atoms with Crippen LogP contribution in [0.5, 0.6) is 11.5 Å². The number of fused-ring (bicyclic) bond motifs is 1. The lowest BCUT2D eigenvalue weighted by molar-refractivity contribution is -0.111. The summed E-state index contributed by atoms with van der Waals surface area (Å²) in [5.41, 5.74) is 2.78. The van der Waals surface area contributed by atoms with Crippen LogP contribution in [-0.2, 0) is 4.79 Å². The lowest BCUT2D eigenvalue weighted by Gasteiger charge is -2.10. The molecular weight excluding hydrogens is 330 g/mol. The third kappa shape index (κ3) is 3.44. The molecule has 0 aromatic heterocycles. The van der Waals surface area contributed by atoms with E-state index in [0.29, 0.717) is 23.8 Å². The number of ether oxygens (including phenoxy) is 2. The van der Waals surface area contributed by atoms with Gasteiger partial charge < -0.3 is 14.4 Å².